The zero-order valence-corrected chi connectivity index (χ0v) is 9.22. The average Bonchev–Trinajstić information content (AvgIpc) is 2.78. The summed E-state index contributed by atoms with van der Waals surface area (Å²) in [5, 5.41) is 3.26. The molecule has 0 radical (unpaired) electrons. The molecule has 1 N–H and O–H groups in total. The van der Waals surface area contributed by atoms with Crippen molar-refractivity contribution in [1.82, 2.24) is 15.3 Å². The molecule has 1 saturated heterocycles. The Balaban J connectivity index is 2.09. The van der Waals surface area contributed by atoms with Gasteiger partial charge in [-0.2, -0.15) is 0 Å². The molecule has 1 fully saturated rings. The summed E-state index contributed by atoms with van der Waals surface area (Å²) in [6, 6.07) is 0.109. The van der Waals surface area contributed by atoms with Crippen molar-refractivity contribution in [2.24, 2.45) is 5.92 Å². The zero-order chi connectivity index (χ0) is 11.4. The second kappa shape index (κ2) is 5.14. The molecular formula is C11H15N3O2. The summed E-state index contributed by atoms with van der Waals surface area (Å²) in [6.45, 7) is 3.93. The lowest BCUT2D eigenvalue weighted by Crippen LogP contribution is -2.39. The molecule has 5 heteroatoms. The van der Waals surface area contributed by atoms with Crippen LogP contribution >= 0.6 is 0 Å². The summed E-state index contributed by atoms with van der Waals surface area (Å²) in [4.78, 5) is 19.8. The van der Waals surface area contributed by atoms with Gasteiger partial charge in [-0.25, -0.2) is 9.97 Å². The first-order valence-corrected chi connectivity index (χ1v) is 5.43. The van der Waals surface area contributed by atoms with Gasteiger partial charge in [-0.15, -0.1) is 0 Å². The van der Waals surface area contributed by atoms with Crippen molar-refractivity contribution in [3.63, 3.8) is 0 Å². The van der Waals surface area contributed by atoms with E-state index in [9.17, 15) is 4.79 Å². The number of nitrogens with one attached hydrogen (secondary N) is 1. The molecule has 2 unspecified atom stereocenters. The van der Waals surface area contributed by atoms with Crippen LogP contribution in [0.5, 0.6) is 0 Å². The van der Waals surface area contributed by atoms with Gasteiger partial charge < -0.3 is 10.1 Å². The van der Waals surface area contributed by atoms with E-state index in [4.69, 9.17) is 4.74 Å². The van der Waals surface area contributed by atoms with Crippen molar-refractivity contribution in [3.8, 4) is 0 Å². The maximum absolute atomic E-state index is 12.1. The molecule has 0 aromatic carbocycles. The molecule has 1 aromatic rings. The third-order valence-corrected chi connectivity index (χ3v) is 2.73. The number of rotatable bonds is 4. The molecule has 86 valence electrons. The SMILES string of the molecule is CCNC1COCC1C(=O)c1cncnc1. The lowest BCUT2D eigenvalue weighted by atomic mass is 9.95. The lowest BCUT2D eigenvalue weighted by Gasteiger charge is -2.16. The van der Waals surface area contributed by atoms with Crippen molar-refractivity contribution in [2.45, 2.75) is 13.0 Å². The Morgan fingerprint density at radius 3 is 2.94 bits per heavy atom. The topological polar surface area (TPSA) is 64.1 Å². The van der Waals surface area contributed by atoms with Crippen LogP contribution in [0.15, 0.2) is 18.7 Å². The molecule has 0 spiro atoms. The van der Waals surface area contributed by atoms with Crippen LogP contribution in [-0.2, 0) is 4.74 Å². The van der Waals surface area contributed by atoms with Crippen molar-refractivity contribution in [3.05, 3.63) is 24.3 Å². The van der Waals surface area contributed by atoms with E-state index in [1.54, 1.807) is 12.4 Å². The molecule has 5 nitrogen and oxygen atoms in total. The van der Waals surface area contributed by atoms with E-state index in [1.165, 1.54) is 6.33 Å². The predicted octanol–water partition coefficient (Wildman–Crippen LogP) is 0.284. The number of ether oxygens (including phenoxy) is 1. The highest BCUT2D eigenvalue weighted by molar-refractivity contribution is 5.98. The second-order valence-electron chi connectivity index (χ2n) is 3.80. The fourth-order valence-electron chi connectivity index (χ4n) is 1.92. The Labute approximate surface area is 94.2 Å². The van der Waals surface area contributed by atoms with Gasteiger partial charge in [0.15, 0.2) is 5.78 Å². The van der Waals surface area contributed by atoms with Gasteiger partial charge in [-0.05, 0) is 6.54 Å². The van der Waals surface area contributed by atoms with Crippen LogP contribution in [-0.4, -0.2) is 41.6 Å². The molecule has 0 amide bonds. The summed E-state index contributed by atoms with van der Waals surface area (Å²) in [5.74, 6) is -0.0602. The average molecular weight is 221 g/mol. The number of hydrogen-bond acceptors (Lipinski definition) is 5. The highest BCUT2D eigenvalue weighted by Crippen LogP contribution is 2.18. The first kappa shape index (κ1) is 11.2. The van der Waals surface area contributed by atoms with Crippen molar-refractivity contribution >= 4 is 5.78 Å². The van der Waals surface area contributed by atoms with Gasteiger partial charge in [0, 0.05) is 18.4 Å². The Bertz CT molecular complexity index is 356. The molecule has 0 saturated carbocycles. The molecule has 1 aliphatic rings. The summed E-state index contributed by atoms with van der Waals surface area (Å²) in [6.07, 6.45) is 4.52. The molecular weight excluding hydrogens is 206 g/mol. The number of carbonyl (C=O) groups is 1. The lowest BCUT2D eigenvalue weighted by molar-refractivity contribution is 0.0891. The van der Waals surface area contributed by atoms with Gasteiger partial charge in [0.1, 0.15) is 6.33 Å². The van der Waals surface area contributed by atoms with E-state index >= 15 is 0 Å². The number of hydrogen-bond donors (Lipinski definition) is 1. The monoisotopic (exact) mass is 221 g/mol. The minimum Gasteiger partial charge on any atom is -0.379 e. The quantitative estimate of drug-likeness (QED) is 0.740. The van der Waals surface area contributed by atoms with Crippen LogP contribution in [0.3, 0.4) is 0 Å². The Kier molecular flexibility index (Phi) is 3.58. The second-order valence-corrected chi connectivity index (χ2v) is 3.80. The Morgan fingerprint density at radius 2 is 2.25 bits per heavy atom. The first-order chi connectivity index (χ1) is 7.83. The summed E-state index contributed by atoms with van der Waals surface area (Å²) in [5.41, 5.74) is 0.556. The number of aromatic nitrogens is 2. The van der Waals surface area contributed by atoms with Gasteiger partial charge in [0.05, 0.1) is 24.7 Å². The molecule has 16 heavy (non-hydrogen) atoms. The van der Waals surface area contributed by atoms with E-state index in [1.807, 2.05) is 6.92 Å². The Hall–Kier alpha value is -1.33. The standard InChI is InChI=1S/C11H15N3O2/c1-2-14-10-6-16-5-9(10)11(15)8-3-12-7-13-4-8/h3-4,7,9-10,14H,2,5-6H2,1H3. The minimum atomic E-state index is -0.119. The molecule has 1 aliphatic heterocycles. The third-order valence-electron chi connectivity index (χ3n) is 2.73. The first-order valence-electron chi connectivity index (χ1n) is 5.43. The normalized spacial score (nSPS) is 24.6. The minimum absolute atomic E-state index is 0.0593. The predicted molar refractivity (Wildman–Crippen MR) is 58.1 cm³/mol. The number of likely N-dealkylation sites (N-methyl/N-ethyl adjacent to an activating group) is 1. The number of ketones is 1. The largest absolute Gasteiger partial charge is 0.379 e. The van der Waals surface area contributed by atoms with Crippen molar-refractivity contribution < 1.29 is 9.53 Å². The molecule has 1 aromatic heterocycles. The van der Waals surface area contributed by atoms with E-state index in [2.05, 4.69) is 15.3 Å². The number of carbonyl (C=O) groups excluding carboxylic acids is 1. The van der Waals surface area contributed by atoms with E-state index in [-0.39, 0.29) is 17.7 Å². The van der Waals surface area contributed by atoms with Crippen LogP contribution in [0.1, 0.15) is 17.3 Å². The molecule has 2 heterocycles. The molecule has 0 bridgehead atoms. The summed E-state index contributed by atoms with van der Waals surface area (Å²) < 4.78 is 5.34. The van der Waals surface area contributed by atoms with Crippen LogP contribution in [0, 0.1) is 5.92 Å². The maximum atomic E-state index is 12.1. The van der Waals surface area contributed by atoms with Gasteiger partial charge in [-0.1, -0.05) is 6.92 Å². The zero-order valence-electron chi connectivity index (χ0n) is 9.22. The van der Waals surface area contributed by atoms with E-state index in [0.717, 1.165) is 6.54 Å². The van der Waals surface area contributed by atoms with Crippen LogP contribution in [0.4, 0.5) is 0 Å². The van der Waals surface area contributed by atoms with Crippen molar-refractivity contribution in [2.75, 3.05) is 19.8 Å². The summed E-state index contributed by atoms with van der Waals surface area (Å²) >= 11 is 0. The number of Topliss-reactive ketones (excluding diaryl/α,β-unsaturated/α-hetero) is 1. The van der Waals surface area contributed by atoms with Crippen LogP contribution in [0.2, 0.25) is 0 Å². The Morgan fingerprint density at radius 1 is 1.50 bits per heavy atom. The van der Waals surface area contributed by atoms with Gasteiger partial charge in [0.2, 0.25) is 0 Å². The van der Waals surface area contributed by atoms with Gasteiger partial charge in [-0.3, -0.25) is 4.79 Å². The van der Waals surface area contributed by atoms with E-state index in [0.29, 0.717) is 18.8 Å². The number of nitrogens with zero attached hydrogens (tertiary/aromatic N) is 2. The molecule has 2 rings (SSSR count). The van der Waals surface area contributed by atoms with Gasteiger partial charge >= 0.3 is 0 Å². The highest BCUT2D eigenvalue weighted by Gasteiger charge is 2.33. The highest BCUT2D eigenvalue weighted by atomic mass is 16.5. The third kappa shape index (κ3) is 2.25. The van der Waals surface area contributed by atoms with E-state index < -0.39 is 0 Å². The van der Waals surface area contributed by atoms with Crippen molar-refractivity contribution in [1.29, 1.82) is 0 Å². The van der Waals surface area contributed by atoms with Crippen LogP contribution < -0.4 is 5.32 Å². The maximum Gasteiger partial charge on any atom is 0.173 e. The molecule has 2 atom stereocenters. The fraction of sp³-hybridized carbons (Fsp3) is 0.545. The smallest absolute Gasteiger partial charge is 0.173 e. The van der Waals surface area contributed by atoms with Gasteiger partial charge in [0.25, 0.3) is 0 Å². The summed E-state index contributed by atoms with van der Waals surface area (Å²) in [7, 11) is 0. The van der Waals surface area contributed by atoms with Crippen LogP contribution in [0.25, 0.3) is 0 Å². The fourth-order valence-corrected chi connectivity index (χ4v) is 1.92. The molecule has 0 aliphatic carbocycles.